The van der Waals surface area contributed by atoms with Gasteiger partial charge in [-0.2, -0.15) is 0 Å². The summed E-state index contributed by atoms with van der Waals surface area (Å²) in [5.41, 5.74) is 6.72. The van der Waals surface area contributed by atoms with Gasteiger partial charge in [0, 0.05) is 17.8 Å². The SMILES string of the molecule is CCC/C(C)=C\c1nc(C2=CC=CC(Cc3ccc(NCCC4CC4)cc3)C=C2)c(F)cc1C. The van der Waals surface area contributed by atoms with Crippen molar-refractivity contribution < 1.29 is 4.39 Å². The van der Waals surface area contributed by atoms with Gasteiger partial charge < -0.3 is 5.32 Å². The molecule has 0 saturated heterocycles. The minimum absolute atomic E-state index is 0.266. The lowest BCUT2D eigenvalue weighted by molar-refractivity contribution is 0.615. The number of pyridine rings is 1. The fourth-order valence-electron chi connectivity index (χ4n) is 4.44. The van der Waals surface area contributed by atoms with Gasteiger partial charge in [0.25, 0.3) is 0 Å². The van der Waals surface area contributed by atoms with Crippen LogP contribution in [0, 0.1) is 24.6 Å². The number of rotatable bonds is 10. The molecule has 3 heteroatoms. The third-order valence-corrected chi connectivity index (χ3v) is 6.67. The highest BCUT2D eigenvalue weighted by Gasteiger charge is 2.20. The zero-order chi connectivity index (χ0) is 23.9. The molecule has 2 aromatic rings. The molecule has 2 aliphatic rings. The van der Waals surface area contributed by atoms with E-state index >= 15 is 0 Å². The van der Waals surface area contributed by atoms with Crippen molar-refractivity contribution in [2.75, 3.05) is 11.9 Å². The first kappa shape index (κ1) is 24.2. The summed E-state index contributed by atoms with van der Waals surface area (Å²) in [7, 11) is 0. The van der Waals surface area contributed by atoms with E-state index in [1.54, 1.807) is 6.07 Å². The molecule has 4 rings (SSSR count). The average molecular weight is 457 g/mol. The Hall–Kier alpha value is -2.94. The van der Waals surface area contributed by atoms with Crippen LogP contribution >= 0.6 is 0 Å². The Kier molecular flexibility index (Phi) is 8.16. The van der Waals surface area contributed by atoms with E-state index in [0.29, 0.717) is 5.69 Å². The number of halogens is 1. The lowest BCUT2D eigenvalue weighted by Gasteiger charge is -2.10. The number of nitrogens with zero attached hydrogens (tertiary/aromatic N) is 1. The first-order valence-corrected chi connectivity index (χ1v) is 12.8. The van der Waals surface area contributed by atoms with Crippen molar-refractivity contribution >= 4 is 17.3 Å². The highest BCUT2D eigenvalue weighted by atomic mass is 19.1. The molecule has 0 radical (unpaired) electrons. The van der Waals surface area contributed by atoms with Crippen molar-refractivity contribution in [2.24, 2.45) is 11.8 Å². The Balaban J connectivity index is 1.41. The molecule has 1 unspecified atom stereocenters. The Labute approximate surface area is 204 Å². The smallest absolute Gasteiger partial charge is 0.149 e. The molecule has 0 spiro atoms. The second-order valence-corrected chi connectivity index (χ2v) is 9.85. The van der Waals surface area contributed by atoms with Crippen LogP contribution in [0.15, 0.2) is 66.3 Å². The summed E-state index contributed by atoms with van der Waals surface area (Å²) in [5.74, 6) is 0.952. The van der Waals surface area contributed by atoms with Gasteiger partial charge in [-0.1, -0.05) is 74.3 Å². The zero-order valence-electron chi connectivity index (χ0n) is 20.8. The minimum Gasteiger partial charge on any atom is -0.385 e. The summed E-state index contributed by atoms with van der Waals surface area (Å²) in [6.07, 6.45) is 19.6. The minimum atomic E-state index is -0.268. The topological polar surface area (TPSA) is 24.9 Å². The summed E-state index contributed by atoms with van der Waals surface area (Å²) < 4.78 is 14.9. The van der Waals surface area contributed by atoms with Gasteiger partial charge in [0.2, 0.25) is 0 Å². The number of anilines is 1. The van der Waals surface area contributed by atoms with Crippen LogP contribution in [0.2, 0.25) is 0 Å². The number of nitrogens with one attached hydrogen (secondary N) is 1. The predicted molar refractivity (Wildman–Crippen MR) is 143 cm³/mol. The van der Waals surface area contributed by atoms with E-state index in [-0.39, 0.29) is 11.7 Å². The Morgan fingerprint density at radius 3 is 2.71 bits per heavy atom. The highest BCUT2D eigenvalue weighted by molar-refractivity contribution is 5.75. The molecule has 1 aromatic heterocycles. The van der Waals surface area contributed by atoms with Gasteiger partial charge in [0.05, 0.1) is 5.69 Å². The number of hydrogen-bond acceptors (Lipinski definition) is 2. The molecular weight excluding hydrogens is 419 g/mol. The van der Waals surface area contributed by atoms with Crippen LogP contribution in [-0.2, 0) is 6.42 Å². The first-order valence-electron chi connectivity index (χ1n) is 12.8. The van der Waals surface area contributed by atoms with Gasteiger partial charge in [-0.25, -0.2) is 9.37 Å². The van der Waals surface area contributed by atoms with E-state index in [1.165, 1.54) is 36.1 Å². The van der Waals surface area contributed by atoms with Gasteiger partial charge in [0.1, 0.15) is 11.5 Å². The standard InChI is InChI=1S/C31H37FN2/c1-4-6-22(2)19-30-23(3)20-29(32)31(34-30)27-8-5-7-25(11-14-27)21-26-12-15-28(16-13-26)33-18-17-24-9-10-24/h5,7-8,11-16,19-20,24-25,33H,4,6,9-10,17-18,21H2,1-3H3/b22-19-. The number of aryl methyl sites for hydroxylation is 1. The van der Waals surface area contributed by atoms with Gasteiger partial charge >= 0.3 is 0 Å². The molecule has 1 atom stereocenters. The van der Waals surface area contributed by atoms with E-state index in [1.807, 2.05) is 25.2 Å². The third kappa shape index (κ3) is 6.79. The number of benzene rings is 1. The summed E-state index contributed by atoms with van der Waals surface area (Å²) in [6, 6.07) is 10.4. The second kappa shape index (κ2) is 11.5. The summed E-state index contributed by atoms with van der Waals surface area (Å²) >= 11 is 0. The molecule has 1 N–H and O–H groups in total. The monoisotopic (exact) mass is 456 g/mol. The second-order valence-electron chi connectivity index (χ2n) is 9.85. The van der Waals surface area contributed by atoms with Crippen molar-refractivity contribution in [1.29, 1.82) is 0 Å². The third-order valence-electron chi connectivity index (χ3n) is 6.67. The van der Waals surface area contributed by atoms with Crippen molar-refractivity contribution in [1.82, 2.24) is 4.98 Å². The van der Waals surface area contributed by atoms with Crippen LogP contribution in [0.3, 0.4) is 0 Å². The average Bonchev–Trinajstić information content (AvgIpc) is 3.65. The number of aromatic nitrogens is 1. The fourth-order valence-corrected chi connectivity index (χ4v) is 4.44. The lowest BCUT2D eigenvalue weighted by Crippen LogP contribution is -2.03. The molecule has 178 valence electrons. The number of allylic oxidation sites excluding steroid dienone is 7. The van der Waals surface area contributed by atoms with Gasteiger partial charge in [-0.15, -0.1) is 0 Å². The van der Waals surface area contributed by atoms with Crippen molar-refractivity contribution in [3.05, 3.63) is 94.6 Å². The van der Waals surface area contributed by atoms with Crippen molar-refractivity contribution in [3.63, 3.8) is 0 Å². The molecule has 1 aromatic carbocycles. The molecule has 0 amide bonds. The largest absolute Gasteiger partial charge is 0.385 e. The molecular formula is C31H37FN2. The van der Waals surface area contributed by atoms with Gasteiger partial charge in [-0.3, -0.25) is 0 Å². The van der Waals surface area contributed by atoms with Crippen LogP contribution in [-0.4, -0.2) is 11.5 Å². The lowest BCUT2D eigenvalue weighted by atomic mass is 9.98. The molecule has 0 bridgehead atoms. The van der Waals surface area contributed by atoms with E-state index in [9.17, 15) is 4.39 Å². The number of hydrogen-bond donors (Lipinski definition) is 1. The first-order chi connectivity index (χ1) is 16.5. The maximum Gasteiger partial charge on any atom is 0.149 e. The van der Waals surface area contributed by atoms with Crippen LogP contribution in [0.4, 0.5) is 10.1 Å². The normalized spacial score (nSPS) is 18.1. The molecule has 34 heavy (non-hydrogen) atoms. The maximum atomic E-state index is 14.9. The Morgan fingerprint density at radius 1 is 1.18 bits per heavy atom. The quantitative estimate of drug-likeness (QED) is 0.389. The van der Waals surface area contributed by atoms with Crippen LogP contribution in [0.25, 0.3) is 11.6 Å². The summed E-state index contributed by atoms with van der Waals surface area (Å²) in [5, 5.41) is 3.53. The molecule has 0 aliphatic heterocycles. The maximum absolute atomic E-state index is 14.9. The Bertz CT molecular complexity index is 1100. The van der Waals surface area contributed by atoms with E-state index in [0.717, 1.165) is 48.6 Å². The summed E-state index contributed by atoms with van der Waals surface area (Å²) in [6.45, 7) is 7.26. The van der Waals surface area contributed by atoms with E-state index in [4.69, 9.17) is 4.98 Å². The fraction of sp³-hybridized carbons (Fsp3) is 0.387. The highest BCUT2D eigenvalue weighted by Crippen LogP contribution is 2.32. The van der Waals surface area contributed by atoms with E-state index in [2.05, 4.69) is 61.7 Å². The zero-order valence-corrected chi connectivity index (χ0v) is 20.8. The molecule has 2 nitrogen and oxygen atoms in total. The van der Waals surface area contributed by atoms with Gasteiger partial charge in [0.15, 0.2) is 0 Å². The molecule has 1 fully saturated rings. The van der Waals surface area contributed by atoms with E-state index < -0.39 is 0 Å². The molecule has 1 heterocycles. The van der Waals surface area contributed by atoms with Crippen LogP contribution in [0.1, 0.15) is 68.5 Å². The predicted octanol–water partition coefficient (Wildman–Crippen LogP) is 8.31. The molecule has 1 saturated carbocycles. The molecule has 2 aliphatic carbocycles. The van der Waals surface area contributed by atoms with Crippen LogP contribution < -0.4 is 5.32 Å². The summed E-state index contributed by atoms with van der Waals surface area (Å²) in [4.78, 5) is 4.71. The van der Waals surface area contributed by atoms with Crippen molar-refractivity contribution in [3.8, 4) is 0 Å². The van der Waals surface area contributed by atoms with Crippen LogP contribution in [0.5, 0.6) is 0 Å². The van der Waals surface area contributed by atoms with Crippen molar-refractivity contribution in [2.45, 2.75) is 59.3 Å². The Morgan fingerprint density at radius 2 is 1.97 bits per heavy atom. The van der Waals surface area contributed by atoms with Gasteiger partial charge in [-0.05, 0) is 80.3 Å².